The summed E-state index contributed by atoms with van der Waals surface area (Å²) in [6, 6.07) is 33.8. The molecule has 0 saturated heterocycles. The molecule has 2 heterocycles. The minimum Gasteiger partial charge on any atom is -0.422 e. The summed E-state index contributed by atoms with van der Waals surface area (Å²) in [5, 5.41) is 14.6. The number of halogens is 1. The van der Waals surface area contributed by atoms with Crippen molar-refractivity contribution in [3.8, 4) is 22.8 Å². The number of nitrogens with zero attached hydrogens (tertiary/aromatic N) is 4. The molecule has 2 aromatic heterocycles. The van der Waals surface area contributed by atoms with Crippen LogP contribution in [0.5, 0.6) is 5.75 Å². The number of carbonyl (C=O) groups is 2. The van der Waals surface area contributed by atoms with Gasteiger partial charge in [-0.2, -0.15) is 5.10 Å². The van der Waals surface area contributed by atoms with Crippen LogP contribution < -0.4 is 10.2 Å². The number of thioether (sulfide) groups is 1. The Labute approximate surface area is 260 Å². The van der Waals surface area contributed by atoms with E-state index >= 15 is 0 Å². The van der Waals surface area contributed by atoms with E-state index in [9.17, 15) is 9.59 Å². The molecule has 1 amide bonds. The second-order valence-electron chi connectivity index (χ2n) is 9.12. The van der Waals surface area contributed by atoms with Crippen molar-refractivity contribution in [3.63, 3.8) is 0 Å². The fraction of sp³-hybridized carbons (Fsp3) is 0.0312. The lowest BCUT2D eigenvalue weighted by atomic mass is 10.2. The Bertz CT molecular complexity index is 1920. The molecule has 43 heavy (non-hydrogen) atoms. The quantitative estimate of drug-likeness (QED) is 0.0598. The summed E-state index contributed by atoms with van der Waals surface area (Å²) in [5.41, 5.74) is 5.07. The van der Waals surface area contributed by atoms with Crippen molar-refractivity contribution >= 4 is 62.9 Å². The topological polar surface area (TPSA) is 98.5 Å². The monoisotopic (exact) mass is 623 g/mol. The molecule has 6 rings (SSSR count). The molecule has 8 nitrogen and oxygen atoms in total. The molecular weight excluding hydrogens is 602 g/mol. The van der Waals surface area contributed by atoms with Crippen LogP contribution in [0.1, 0.15) is 15.2 Å². The number of fused-ring (bicyclic) bond motifs is 1. The van der Waals surface area contributed by atoms with Crippen molar-refractivity contribution in [1.82, 2.24) is 20.2 Å². The molecule has 4 aromatic carbocycles. The molecule has 0 unspecified atom stereocenters. The molecule has 11 heteroatoms. The number of rotatable bonds is 9. The van der Waals surface area contributed by atoms with E-state index in [0.717, 1.165) is 21.3 Å². The van der Waals surface area contributed by atoms with Crippen LogP contribution in [-0.4, -0.2) is 38.6 Å². The van der Waals surface area contributed by atoms with Gasteiger partial charge in [-0.3, -0.25) is 9.36 Å². The van der Waals surface area contributed by atoms with Crippen molar-refractivity contribution in [2.24, 2.45) is 5.10 Å². The second kappa shape index (κ2) is 13.0. The fourth-order valence-electron chi connectivity index (χ4n) is 4.21. The predicted molar refractivity (Wildman–Crippen MR) is 171 cm³/mol. The third kappa shape index (κ3) is 6.51. The number of thiophene rings is 1. The van der Waals surface area contributed by atoms with Crippen molar-refractivity contribution in [2.75, 3.05) is 5.75 Å². The van der Waals surface area contributed by atoms with Crippen molar-refractivity contribution in [1.29, 1.82) is 0 Å². The van der Waals surface area contributed by atoms with Gasteiger partial charge < -0.3 is 4.74 Å². The first-order valence-corrected chi connectivity index (χ1v) is 15.2. The number of hydrazone groups is 1. The lowest BCUT2D eigenvalue weighted by molar-refractivity contribution is -0.118. The molecule has 212 valence electrons. The Morgan fingerprint density at radius 1 is 0.907 bits per heavy atom. The number of carbonyl (C=O) groups excluding carboxylic acids is 2. The fourth-order valence-corrected chi connectivity index (χ4v) is 6.34. The Balaban J connectivity index is 1.05. The minimum absolute atomic E-state index is 0.0896. The maximum Gasteiger partial charge on any atom is 0.355 e. The molecular formula is C32H22ClN5O3S2. The number of benzene rings is 4. The van der Waals surface area contributed by atoms with Crippen LogP contribution in [-0.2, 0) is 4.79 Å². The van der Waals surface area contributed by atoms with Crippen molar-refractivity contribution in [3.05, 3.63) is 125 Å². The summed E-state index contributed by atoms with van der Waals surface area (Å²) >= 11 is 8.95. The number of nitrogens with one attached hydrogen (secondary N) is 1. The molecule has 0 atom stereocenters. The first kappa shape index (κ1) is 28.4. The van der Waals surface area contributed by atoms with Gasteiger partial charge in [-0.05, 0) is 48.0 Å². The van der Waals surface area contributed by atoms with E-state index in [1.54, 1.807) is 24.3 Å². The Hall–Kier alpha value is -4.77. The Kier molecular flexibility index (Phi) is 8.60. The van der Waals surface area contributed by atoms with E-state index in [1.807, 2.05) is 89.5 Å². The van der Waals surface area contributed by atoms with E-state index in [1.165, 1.54) is 29.3 Å². The van der Waals surface area contributed by atoms with Gasteiger partial charge in [0, 0.05) is 21.3 Å². The van der Waals surface area contributed by atoms with Crippen LogP contribution in [0.15, 0.2) is 119 Å². The molecule has 0 spiro atoms. The summed E-state index contributed by atoms with van der Waals surface area (Å²) in [4.78, 5) is 25.6. The summed E-state index contributed by atoms with van der Waals surface area (Å²) < 4.78 is 8.36. The molecule has 0 fully saturated rings. The SMILES string of the molecule is O=C(CSc1nnc(-c2ccccc2)n1-c1ccccc1)N/N=C/c1ccc(OC(=O)c2sc3ccccc3c2Cl)cc1. The molecule has 0 saturated carbocycles. The summed E-state index contributed by atoms with van der Waals surface area (Å²) in [6.07, 6.45) is 1.51. The van der Waals surface area contributed by atoms with Crippen LogP contribution in [0.2, 0.25) is 5.02 Å². The highest BCUT2D eigenvalue weighted by Gasteiger charge is 2.19. The van der Waals surface area contributed by atoms with Gasteiger partial charge >= 0.3 is 5.97 Å². The minimum atomic E-state index is -0.517. The Morgan fingerprint density at radius 3 is 2.35 bits per heavy atom. The van der Waals surface area contributed by atoms with Crippen LogP contribution in [0.3, 0.4) is 0 Å². The number of hydrogen-bond acceptors (Lipinski definition) is 8. The number of aromatic nitrogens is 3. The van der Waals surface area contributed by atoms with Crippen molar-refractivity contribution in [2.45, 2.75) is 5.16 Å². The van der Waals surface area contributed by atoms with Gasteiger partial charge in [0.25, 0.3) is 5.91 Å². The van der Waals surface area contributed by atoms with E-state index in [4.69, 9.17) is 16.3 Å². The number of para-hydroxylation sites is 1. The highest BCUT2D eigenvalue weighted by atomic mass is 35.5. The number of ether oxygens (including phenoxy) is 1. The van der Waals surface area contributed by atoms with Gasteiger partial charge in [-0.25, -0.2) is 10.2 Å². The van der Waals surface area contributed by atoms with Crippen molar-refractivity contribution < 1.29 is 14.3 Å². The third-order valence-electron chi connectivity index (χ3n) is 6.23. The van der Waals surface area contributed by atoms with Crippen LogP contribution in [0, 0.1) is 0 Å². The molecule has 0 aliphatic heterocycles. The summed E-state index contributed by atoms with van der Waals surface area (Å²) in [6.45, 7) is 0. The van der Waals surface area contributed by atoms with Crippen LogP contribution >= 0.6 is 34.7 Å². The molecule has 0 aliphatic rings. The zero-order valence-electron chi connectivity index (χ0n) is 22.4. The molecule has 6 aromatic rings. The van der Waals surface area contributed by atoms with E-state index in [0.29, 0.717) is 32.2 Å². The van der Waals surface area contributed by atoms with Crippen LogP contribution in [0.25, 0.3) is 27.2 Å². The first-order chi connectivity index (χ1) is 21.1. The average molecular weight is 624 g/mol. The van der Waals surface area contributed by atoms with Gasteiger partial charge in [0.1, 0.15) is 10.6 Å². The molecule has 0 aliphatic carbocycles. The van der Waals surface area contributed by atoms with Gasteiger partial charge in [-0.1, -0.05) is 90.1 Å². The zero-order chi connectivity index (χ0) is 29.6. The molecule has 0 bridgehead atoms. The lowest BCUT2D eigenvalue weighted by Crippen LogP contribution is -2.20. The number of hydrogen-bond donors (Lipinski definition) is 1. The molecule has 1 N–H and O–H groups in total. The molecule has 0 radical (unpaired) electrons. The zero-order valence-corrected chi connectivity index (χ0v) is 24.8. The number of esters is 1. The van der Waals surface area contributed by atoms with Gasteiger partial charge in [-0.15, -0.1) is 21.5 Å². The smallest absolute Gasteiger partial charge is 0.355 e. The number of amides is 1. The standard InChI is InChI=1S/C32H22ClN5O3S2/c33-28-25-13-7-8-14-26(25)43-29(28)31(40)41-24-17-15-21(16-18-24)19-34-35-27(39)20-42-32-37-36-30(22-9-3-1-4-10-22)38(32)23-11-5-2-6-12-23/h1-19H,20H2,(H,35,39)/b34-19+. The summed E-state index contributed by atoms with van der Waals surface area (Å²) in [7, 11) is 0. The largest absolute Gasteiger partial charge is 0.422 e. The third-order valence-corrected chi connectivity index (χ3v) is 8.81. The maximum absolute atomic E-state index is 12.7. The summed E-state index contributed by atoms with van der Waals surface area (Å²) in [5.74, 6) is 0.334. The van der Waals surface area contributed by atoms with E-state index < -0.39 is 5.97 Å². The van der Waals surface area contributed by atoms with Gasteiger partial charge in [0.2, 0.25) is 0 Å². The Morgan fingerprint density at radius 2 is 1.60 bits per heavy atom. The van der Waals surface area contributed by atoms with E-state index in [2.05, 4.69) is 20.7 Å². The van der Waals surface area contributed by atoms with Gasteiger partial charge in [0.15, 0.2) is 11.0 Å². The normalized spacial score (nSPS) is 11.2. The second-order valence-corrected chi connectivity index (χ2v) is 11.5. The lowest BCUT2D eigenvalue weighted by Gasteiger charge is -2.10. The van der Waals surface area contributed by atoms with Gasteiger partial charge in [0.05, 0.1) is 17.0 Å². The highest BCUT2D eigenvalue weighted by Crippen LogP contribution is 2.35. The first-order valence-electron chi connectivity index (χ1n) is 13.1. The predicted octanol–water partition coefficient (Wildman–Crippen LogP) is 7.26. The maximum atomic E-state index is 12.7. The highest BCUT2D eigenvalue weighted by molar-refractivity contribution is 7.99. The van der Waals surface area contributed by atoms with Crippen LogP contribution in [0.4, 0.5) is 0 Å². The van der Waals surface area contributed by atoms with E-state index in [-0.39, 0.29) is 11.7 Å². The average Bonchev–Trinajstić information content (AvgIpc) is 3.63.